The summed E-state index contributed by atoms with van der Waals surface area (Å²) in [5, 5.41) is 4.95. The largest absolute Gasteiger partial charge is 0.310 e. The molecule has 0 fully saturated rings. The molecule has 0 spiro atoms. The SMILES string of the molecule is c1ccc(-c2cccc(N(c3ccc4cccc(-c5ccc6ccccc6c5)c4c3)c3ccccc3-c3ccccc3)c2)cc1. The fraction of sp³-hybridized carbons (Fsp3) is 0. The molecule has 1 heteroatoms. The van der Waals surface area contributed by atoms with E-state index in [0.29, 0.717) is 0 Å². The van der Waals surface area contributed by atoms with Crippen molar-refractivity contribution in [2.45, 2.75) is 0 Å². The summed E-state index contributed by atoms with van der Waals surface area (Å²) < 4.78 is 0. The summed E-state index contributed by atoms with van der Waals surface area (Å²) in [5.74, 6) is 0. The van der Waals surface area contributed by atoms with Crippen molar-refractivity contribution in [3.8, 4) is 33.4 Å². The summed E-state index contributed by atoms with van der Waals surface area (Å²) >= 11 is 0. The Morgan fingerprint density at radius 1 is 0.289 bits per heavy atom. The van der Waals surface area contributed by atoms with Crippen molar-refractivity contribution in [1.29, 1.82) is 0 Å². The van der Waals surface area contributed by atoms with Gasteiger partial charge in [-0.05, 0) is 85.8 Å². The number of benzene rings is 8. The van der Waals surface area contributed by atoms with Crippen LogP contribution in [0.5, 0.6) is 0 Å². The molecular weight excluding hydrogens is 542 g/mol. The van der Waals surface area contributed by atoms with E-state index in [1.54, 1.807) is 0 Å². The number of hydrogen-bond acceptors (Lipinski definition) is 1. The van der Waals surface area contributed by atoms with Crippen molar-refractivity contribution in [3.05, 3.63) is 188 Å². The summed E-state index contributed by atoms with van der Waals surface area (Å²) in [5.41, 5.74) is 10.6. The van der Waals surface area contributed by atoms with Crippen LogP contribution in [-0.2, 0) is 0 Å². The minimum Gasteiger partial charge on any atom is -0.310 e. The van der Waals surface area contributed by atoms with Gasteiger partial charge in [0.05, 0.1) is 5.69 Å². The number of fused-ring (bicyclic) bond motifs is 2. The van der Waals surface area contributed by atoms with E-state index in [2.05, 4.69) is 193 Å². The monoisotopic (exact) mass is 573 g/mol. The van der Waals surface area contributed by atoms with Crippen LogP contribution in [0.1, 0.15) is 0 Å². The van der Waals surface area contributed by atoms with Crippen LogP contribution in [0.3, 0.4) is 0 Å². The predicted molar refractivity (Wildman–Crippen MR) is 192 cm³/mol. The maximum absolute atomic E-state index is 2.41. The molecule has 0 atom stereocenters. The van der Waals surface area contributed by atoms with Gasteiger partial charge in [-0.15, -0.1) is 0 Å². The van der Waals surface area contributed by atoms with Crippen LogP contribution >= 0.6 is 0 Å². The normalized spacial score (nSPS) is 11.1. The molecule has 0 amide bonds. The van der Waals surface area contributed by atoms with Crippen molar-refractivity contribution in [2.75, 3.05) is 4.90 Å². The second-order valence-electron chi connectivity index (χ2n) is 11.4. The minimum atomic E-state index is 1.11. The van der Waals surface area contributed by atoms with Crippen LogP contribution in [0.2, 0.25) is 0 Å². The molecule has 0 unspecified atom stereocenters. The lowest BCUT2D eigenvalue weighted by Gasteiger charge is -2.29. The highest BCUT2D eigenvalue weighted by atomic mass is 15.1. The fourth-order valence-corrected chi connectivity index (χ4v) is 6.42. The van der Waals surface area contributed by atoms with E-state index in [1.807, 2.05) is 0 Å². The third-order valence-corrected chi connectivity index (χ3v) is 8.63. The highest BCUT2D eigenvalue weighted by molar-refractivity contribution is 6.02. The Bertz CT molecular complexity index is 2270. The lowest BCUT2D eigenvalue weighted by molar-refractivity contribution is 1.29. The maximum atomic E-state index is 2.41. The second-order valence-corrected chi connectivity index (χ2v) is 11.4. The van der Waals surface area contributed by atoms with Gasteiger partial charge in [-0.25, -0.2) is 0 Å². The summed E-state index contributed by atoms with van der Waals surface area (Å²) in [4.78, 5) is 2.41. The van der Waals surface area contributed by atoms with Crippen LogP contribution in [0.4, 0.5) is 17.1 Å². The summed E-state index contributed by atoms with van der Waals surface area (Å²) in [6.45, 7) is 0. The molecule has 8 rings (SSSR count). The van der Waals surface area contributed by atoms with Gasteiger partial charge in [0.25, 0.3) is 0 Å². The molecule has 45 heavy (non-hydrogen) atoms. The summed E-state index contributed by atoms with van der Waals surface area (Å²) in [6.07, 6.45) is 0. The molecule has 0 radical (unpaired) electrons. The van der Waals surface area contributed by atoms with Crippen molar-refractivity contribution in [1.82, 2.24) is 0 Å². The van der Waals surface area contributed by atoms with Crippen LogP contribution in [0.15, 0.2) is 188 Å². The number of hydrogen-bond donors (Lipinski definition) is 0. The van der Waals surface area contributed by atoms with Gasteiger partial charge in [0, 0.05) is 16.9 Å². The Labute approximate surface area is 264 Å². The van der Waals surface area contributed by atoms with E-state index in [1.165, 1.54) is 54.9 Å². The van der Waals surface area contributed by atoms with E-state index in [4.69, 9.17) is 0 Å². The van der Waals surface area contributed by atoms with Gasteiger partial charge < -0.3 is 4.90 Å². The van der Waals surface area contributed by atoms with E-state index in [0.717, 1.165) is 17.1 Å². The molecule has 8 aromatic carbocycles. The molecule has 8 aromatic rings. The van der Waals surface area contributed by atoms with Gasteiger partial charge in [-0.3, -0.25) is 0 Å². The highest BCUT2D eigenvalue weighted by Gasteiger charge is 2.19. The van der Waals surface area contributed by atoms with Gasteiger partial charge in [0.15, 0.2) is 0 Å². The molecule has 212 valence electrons. The molecule has 0 saturated carbocycles. The first-order valence-corrected chi connectivity index (χ1v) is 15.4. The number of anilines is 3. The van der Waals surface area contributed by atoms with Crippen LogP contribution < -0.4 is 4.90 Å². The Morgan fingerprint density at radius 2 is 0.889 bits per heavy atom. The van der Waals surface area contributed by atoms with E-state index in [9.17, 15) is 0 Å². The van der Waals surface area contributed by atoms with Gasteiger partial charge in [0.2, 0.25) is 0 Å². The number of para-hydroxylation sites is 1. The highest BCUT2D eigenvalue weighted by Crippen LogP contribution is 2.43. The molecule has 0 aliphatic rings. The lowest BCUT2D eigenvalue weighted by Crippen LogP contribution is -2.11. The second kappa shape index (κ2) is 11.6. The molecular formula is C44H31N. The van der Waals surface area contributed by atoms with Gasteiger partial charge >= 0.3 is 0 Å². The zero-order valence-corrected chi connectivity index (χ0v) is 24.8. The van der Waals surface area contributed by atoms with E-state index in [-0.39, 0.29) is 0 Å². The van der Waals surface area contributed by atoms with Gasteiger partial charge in [0.1, 0.15) is 0 Å². The first kappa shape index (κ1) is 26.7. The van der Waals surface area contributed by atoms with Gasteiger partial charge in [-0.2, -0.15) is 0 Å². The first-order valence-electron chi connectivity index (χ1n) is 15.4. The van der Waals surface area contributed by atoms with E-state index < -0.39 is 0 Å². The summed E-state index contributed by atoms with van der Waals surface area (Å²) in [6, 6.07) is 67.7. The molecule has 0 bridgehead atoms. The van der Waals surface area contributed by atoms with E-state index >= 15 is 0 Å². The number of rotatable bonds is 6. The van der Waals surface area contributed by atoms with Gasteiger partial charge in [-0.1, -0.05) is 152 Å². The van der Waals surface area contributed by atoms with Crippen molar-refractivity contribution in [3.63, 3.8) is 0 Å². The standard InChI is InChI=1S/C44H31N/c1-3-13-32(14-4-1)37-20-11-21-39(30-37)45(44-24-10-9-22-42(44)34-16-5-2-6-17-34)40-28-27-35-19-12-23-41(43(35)31-40)38-26-25-33-15-7-8-18-36(33)29-38/h1-31H. The molecule has 0 saturated heterocycles. The number of nitrogens with zero attached hydrogens (tertiary/aromatic N) is 1. The quantitative estimate of drug-likeness (QED) is 0.191. The molecule has 0 heterocycles. The smallest absolute Gasteiger partial charge is 0.0540 e. The predicted octanol–water partition coefficient (Wildman–Crippen LogP) is 12.5. The third kappa shape index (κ3) is 5.15. The Hall–Kier alpha value is -5.92. The van der Waals surface area contributed by atoms with Crippen molar-refractivity contribution in [2.24, 2.45) is 0 Å². The fourth-order valence-electron chi connectivity index (χ4n) is 6.42. The minimum absolute atomic E-state index is 1.11. The Kier molecular flexibility index (Phi) is 6.90. The lowest BCUT2D eigenvalue weighted by atomic mass is 9.95. The molecule has 0 N–H and O–H groups in total. The summed E-state index contributed by atoms with van der Waals surface area (Å²) in [7, 11) is 0. The zero-order valence-electron chi connectivity index (χ0n) is 24.8. The maximum Gasteiger partial charge on any atom is 0.0540 e. The van der Waals surface area contributed by atoms with Crippen LogP contribution in [0, 0.1) is 0 Å². The molecule has 0 aliphatic heterocycles. The van der Waals surface area contributed by atoms with Crippen LogP contribution in [-0.4, -0.2) is 0 Å². The molecule has 0 aliphatic carbocycles. The van der Waals surface area contributed by atoms with Crippen molar-refractivity contribution >= 4 is 38.6 Å². The average molecular weight is 574 g/mol. The first-order chi connectivity index (χ1) is 22.3. The third-order valence-electron chi connectivity index (χ3n) is 8.63. The topological polar surface area (TPSA) is 3.24 Å². The molecule has 1 nitrogen and oxygen atoms in total. The zero-order chi connectivity index (χ0) is 30.0. The molecule has 0 aromatic heterocycles. The average Bonchev–Trinajstić information content (AvgIpc) is 3.12. The Balaban J connectivity index is 1.35. The van der Waals surface area contributed by atoms with Crippen molar-refractivity contribution < 1.29 is 0 Å². The Morgan fingerprint density at radius 3 is 1.73 bits per heavy atom. The van der Waals surface area contributed by atoms with Crippen LogP contribution in [0.25, 0.3) is 54.9 Å².